The van der Waals surface area contributed by atoms with Crippen LogP contribution in [0, 0.1) is 0 Å². The Kier molecular flexibility index (Phi) is 15.2. The molecule has 2 saturated heterocycles. The second-order valence-electron chi connectivity index (χ2n) is 12.5. The molecule has 54 heavy (non-hydrogen) atoms. The number of carboxylic acids is 4. The van der Waals surface area contributed by atoms with Gasteiger partial charge in [0.25, 0.3) is 0 Å². The van der Waals surface area contributed by atoms with Crippen molar-refractivity contribution in [2.75, 3.05) is 52.5 Å². The average Bonchev–Trinajstić information content (AvgIpc) is 3.92. The molecule has 0 radical (unpaired) electrons. The van der Waals surface area contributed by atoms with Gasteiger partial charge in [-0.3, -0.25) is 9.80 Å². The van der Waals surface area contributed by atoms with Crippen molar-refractivity contribution in [2.45, 2.75) is 38.3 Å². The van der Waals surface area contributed by atoms with Gasteiger partial charge in [0, 0.05) is 22.7 Å². The van der Waals surface area contributed by atoms with Crippen molar-refractivity contribution in [3.05, 3.63) is 83.4 Å². The van der Waals surface area contributed by atoms with Crippen LogP contribution in [0.25, 0.3) is 20.5 Å². The predicted octanol–water partition coefficient (Wildman–Crippen LogP) is 6.44. The molecular weight excluding hydrogens is 733 g/mol. The number of hydrogen-bond donors (Lipinski definition) is 4. The standard InChI is InChI=1S/C34H37F3N2O2S.2C2H2O4/c35-34(36,37)30-24-25(9-14-31(30)41-22-20-39-17-5-6-18-39)23-29-28-7-1-2-8-32(28)42-33(29)26-10-12-27(13-11-26)40-21-19-38-15-3-4-16-38;2*3-1(4)2(5)6/h1-2,7-14,24H,3-6,15-23H2;2*(H,3,4)(H,5,6). The Labute approximate surface area is 313 Å². The van der Waals surface area contributed by atoms with Crippen LogP contribution in [-0.4, -0.2) is 107 Å². The van der Waals surface area contributed by atoms with E-state index in [0.29, 0.717) is 25.1 Å². The third kappa shape index (κ3) is 12.5. The number of thiophene rings is 1. The van der Waals surface area contributed by atoms with Gasteiger partial charge in [0.05, 0.1) is 5.56 Å². The Balaban J connectivity index is 0.000000470. The van der Waals surface area contributed by atoms with Gasteiger partial charge in [0.2, 0.25) is 0 Å². The summed E-state index contributed by atoms with van der Waals surface area (Å²) in [5.41, 5.74) is 1.98. The molecule has 12 nitrogen and oxygen atoms in total. The summed E-state index contributed by atoms with van der Waals surface area (Å²) in [6, 6.07) is 20.7. The van der Waals surface area contributed by atoms with Crippen LogP contribution >= 0.6 is 11.3 Å². The molecular formula is C38H41F3N2O10S. The van der Waals surface area contributed by atoms with Crippen molar-refractivity contribution in [1.82, 2.24) is 9.80 Å². The number of carboxylic acid groups (broad SMARTS) is 4. The molecule has 0 unspecified atom stereocenters. The van der Waals surface area contributed by atoms with E-state index in [9.17, 15) is 13.2 Å². The number of hydrogen-bond acceptors (Lipinski definition) is 9. The van der Waals surface area contributed by atoms with Gasteiger partial charge < -0.3 is 29.9 Å². The Morgan fingerprint density at radius 2 is 1.20 bits per heavy atom. The summed E-state index contributed by atoms with van der Waals surface area (Å²) in [6.45, 7) is 6.76. The molecule has 2 aliphatic heterocycles. The number of carbonyl (C=O) groups is 4. The second-order valence-corrected chi connectivity index (χ2v) is 13.5. The molecule has 0 amide bonds. The van der Waals surface area contributed by atoms with Gasteiger partial charge in [0.1, 0.15) is 24.7 Å². The molecule has 1 aromatic heterocycles. The molecule has 3 aromatic carbocycles. The summed E-state index contributed by atoms with van der Waals surface area (Å²) >= 11 is 1.67. The van der Waals surface area contributed by atoms with Gasteiger partial charge >= 0.3 is 30.1 Å². The van der Waals surface area contributed by atoms with Gasteiger partial charge in [0.15, 0.2) is 0 Å². The fraction of sp³-hybridized carbons (Fsp3) is 0.368. The highest BCUT2D eigenvalue weighted by Crippen LogP contribution is 2.42. The topological polar surface area (TPSA) is 174 Å². The Morgan fingerprint density at radius 3 is 1.72 bits per heavy atom. The summed E-state index contributed by atoms with van der Waals surface area (Å²) in [4.78, 5) is 42.1. The van der Waals surface area contributed by atoms with Gasteiger partial charge in [-0.05, 0) is 123 Å². The minimum atomic E-state index is -4.50. The minimum Gasteiger partial charge on any atom is -0.492 e. The molecule has 3 heterocycles. The number of benzene rings is 3. The lowest BCUT2D eigenvalue weighted by Crippen LogP contribution is -2.25. The van der Waals surface area contributed by atoms with Crippen LogP contribution in [0.1, 0.15) is 42.4 Å². The van der Waals surface area contributed by atoms with Crippen LogP contribution in [-0.2, 0) is 31.8 Å². The second kappa shape index (κ2) is 19.8. The number of ether oxygens (including phenoxy) is 2. The minimum absolute atomic E-state index is 0.0961. The molecule has 16 heteroatoms. The number of nitrogens with zero attached hydrogens (tertiary/aromatic N) is 2. The molecule has 2 fully saturated rings. The quantitative estimate of drug-likeness (QED) is 0.123. The van der Waals surface area contributed by atoms with Crippen molar-refractivity contribution in [3.8, 4) is 21.9 Å². The number of halogens is 3. The van der Waals surface area contributed by atoms with E-state index in [1.54, 1.807) is 17.4 Å². The molecule has 0 saturated carbocycles. The van der Waals surface area contributed by atoms with Gasteiger partial charge in [-0.25, -0.2) is 19.2 Å². The largest absolute Gasteiger partial charge is 0.492 e. The van der Waals surface area contributed by atoms with Crippen molar-refractivity contribution in [1.29, 1.82) is 0 Å². The first-order valence-corrected chi connectivity index (χ1v) is 18.0. The molecule has 290 valence electrons. The van der Waals surface area contributed by atoms with Crippen LogP contribution < -0.4 is 9.47 Å². The molecule has 4 N–H and O–H groups in total. The van der Waals surface area contributed by atoms with E-state index in [-0.39, 0.29) is 12.4 Å². The fourth-order valence-electron chi connectivity index (χ4n) is 6.04. The van der Waals surface area contributed by atoms with E-state index in [0.717, 1.165) is 77.4 Å². The zero-order valence-corrected chi connectivity index (χ0v) is 30.0. The molecule has 2 aliphatic rings. The highest BCUT2D eigenvalue weighted by Gasteiger charge is 2.35. The fourth-order valence-corrected chi connectivity index (χ4v) is 7.27. The molecule has 0 bridgehead atoms. The first-order chi connectivity index (χ1) is 25.7. The molecule has 0 aliphatic carbocycles. The Bertz CT molecular complexity index is 1840. The normalized spacial score (nSPS) is 14.4. The number of rotatable bonds is 11. The Morgan fingerprint density at radius 1 is 0.685 bits per heavy atom. The SMILES string of the molecule is FC(F)(F)c1cc(Cc2c(-c3ccc(OCCN4CCCC4)cc3)sc3ccccc23)ccc1OCCN1CCCC1.O=C(O)C(=O)O.O=C(O)C(=O)O. The van der Waals surface area contributed by atoms with E-state index in [4.69, 9.17) is 49.1 Å². The third-order valence-corrected chi connectivity index (χ3v) is 9.91. The summed E-state index contributed by atoms with van der Waals surface area (Å²) in [5.74, 6) is -6.56. The molecule has 0 spiro atoms. The molecule has 0 atom stereocenters. The maximum absolute atomic E-state index is 14.1. The van der Waals surface area contributed by atoms with Gasteiger partial charge in [-0.2, -0.15) is 13.2 Å². The number of alkyl halides is 3. The first-order valence-electron chi connectivity index (χ1n) is 17.2. The summed E-state index contributed by atoms with van der Waals surface area (Å²) in [6.07, 6.45) is 0.700. The average molecular weight is 775 g/mol. The van der Waals surface area contributed by atoms with Crippen molar-refractivity contribution >= 4 is 45.3 Å². The van der Waals surface area contributed by atoms with E-state index in [1.807, 2.05) is 24.3 Å². The van der Waals surface area contributed by atoms with Crippen LogP contribution in [0.5, 0.6) is 11.5 Å². The first kappa shape index (κ1) is 41.6. The maximum atomic E-state index is 14.1. The van der Waals surface area contributed by atoms with Crippen molar-refractivity contribution < 1.29 is 62.2 Å². The van der Waals surface area contributed by atoms with Crippen LogP contribution in [0.3, 0.4) is 0 Å². The van der Waals surface area contributed by atoms with E-state index in [2.05, 4.69) is 34.1 Å². The summed E-state index contributed by atoms with van der Waals surface area (Å²) in [7, 11) is 0. The van der Waals surface area contributed by atoms with Crippen molar-refractivity contribution in [3.63, 3.8) is 0 Å². The van der Waals surface area contributed by atoms with Crippen molar-refractivity contribution in [2.24, 2.45) is 0 Å². The number of fused-ring (bicyclic) bond motifs is 1. The smallest absolute Gasteiger partial charge is 0.419 e. The summed E-state index contributed by atoms with van der Waals surface area (Å²) in [5, 5.41) is 30.6. The van der Waals surface area contributed by atoms with Crippen LogP contribution in [0.15, 0.2) is 66.7 Å². The van der Waals surface area contributed by atoms with E-state index in [1.165, 1.54) is 25.0 Å². The van der Waals surface area contributed by atoms with Gasteiger partial charge in [-0.15, -0.1) is 11.3 Å². The Hall–Kier alpha value is -5.19. The number of aliphatic carboxylic acids is 4. The van der Waals surface area contributed by atoms with E-state index < -0.39 is 35.6 Å². The van der Waals surface area contributed by atoms with Gasteiger partial charge in [-0.1, -0.05) is 24.3 Å². The van der Waals surface area contributed by atoms with E-state index >= 15 is 0 Å². The zero-order valence-electron chi connectivity index (χ0n) is 29.2. The van der Waals surface area contributed by atoms with Crippen LogP contribution in [0.4, 0.5) is 13.2 Å². The summed E-state index contributed by atoms with van der Waals surface area (Å²) < 4.78 is 55.2. The molecule has 6 rings (SSSR count). The lowest BCUT2D eigenvalue weighted by molar-refractivity contribution is -0.159. The highest BCUT2D eigenvalue weighted by molar-refractivity contribution is 7.22. The maximum Gasteiger partial charge on any atom is 0.419 e. The third-order valence-electron chi connectivity index (χ3n) is 8.65. The predicted molar refractivity (Wildman–Crippen MR) is 194 cm³/mol. The lowest BCUT2D eigenvalue weighted by atomic mass is 9.97. The molecule has 4 aromatic rings. The lowest BCUT2D eigenvalue weighted by Gasteiger charge is -2.18. The highest BCUT2D eigenvalue weighted by atomic mass is 32.1. The monoisotopic (exact) mass is 774 g/mol. The van der Waals surface area contributed by atoms with Crippen LogP contribution in [0.2, 0.25) is 0 Å². The zero-order chi connectivity index (χ0) is 39.3. The number of likely N-dealkylation sites (tertiary alicyclic amines) is 2.